The third-order valence-electron chi connectivity index (χ3n) is 4.35. The Morgan fingerprint density at radius 3 is 2.81 bits per heavy atom. The first-order valence-electron chi connectivity index (χ1n) is 9.60. The number of nitrogens with one attached hydrogen (secondary N) is 1. The highest BCUT2D eigenvalue weighted by molar-refractivity contribution is 7.12. The molecule has 0 unspecified atom stereocenters. The lowest BCUT2D eigenvalue weighted by Crippen LogP contribution is -2.32. The van der Waals surface area contributed by atoms with E-state index in [1.165, 1.54) is 22.7 Å². The Hall–Kier alpha value is -3.50. The molecule has 8 nitrogen and oxygen atoms in total. The number of carbonyl (C=O) groups excluding carboxylic acids is 2. The predicted molar refractivity (Wildman–Crippen MR) is 121 cm³/mol. The van der Waals surface area contributed by atoms with Crippen molar-refractivity contribution in [1.82, 2.24) is 10.3 Å². The number of nitrogens with zero attached hydrogens (tertiary/aromatic N) is 1. The first kappa shape index (κ1) is 21.7. The normalized spacial score (nSPS) is 10.8. The second-order valence-electron chi connectivity index (χ2n) is 6.65. The molecule has 10 heteroatoms. The molecule has 3 heterocycles. The standard InChI is InChI=1S/C22H18N2O6S2/c1-13-24-17(12-32-13)16-9-14-4-5-15(10-18(14)30-21(16)26)29-11-20(25)23-6-7-28-22(27)19-3-2-8-31-19/h2-5,8-10,12H,6-7,11H2,1H3,(H,23,25). The molecule has 1 aromatic carbocycles. The molecule has 0 spiro atoms. The number of aryl methyl sites for hydroxylation is 1. The van der Waals surface area contributed by atoms with Crippen molar-refractivity contribution in [2.75, 3.05) is 19.8 Å². The molecule has 164 valence electrons. The average Bonchev–Trinajstić information content (AvgIpc) is 3.46. The summed E-state index contributed by atoms with van der Waals surface area (Å²) in [6, 6.07) is 10.2. The van der Waals surface area contributed by atoms with E-state index in [1.807, 2.05) is 12.3 Å². The van der Waals surface area contributed by atoms with Crippen LogP contribution in [0.1, 0.15) is 14.7 Å². The molecule has 0 radical (unpaired) electrons. The van der Waals surface area contributed by atoms with Gasteiger partial charge in [0.2, 0.25) is 0 Å². The number of fused-ring (bicyclic) bond motifs is 1. The highest BCUT2D eigenvalue weighted by atomic mass is 32.1. The zero-order chi connectivity index (χ0) is 22.5. The molecule has 4 rings (SSSR count). The zero-order valence-corrected chi connectivity index (χ0v) is 18.6. The molecule has 0 atom stereocenters. The third kappa shape index (κ3) is 5.21. The summed E-state index contributed by atoms with van der Waals surface area (Å²) in [5.41, 5.74) is 0.842. The highest BCUT2D eigenvalue weighted by Gasteiger charge is 2.12. The van der Waals surface area contributed by atoms with Crippen molar-refractivity contribution in [1.29, 1.82) is 0 Å². The minimum atomic E-state index is -0.491. The molecule has 1 amide bonds. The Balaban J connectivity index is 1.30. The van der Waals surface area contributed by atoms with Crippen molar-refractivity contribution < 1.29 is 23.5 Å². The molecule has 0 saturated heterocycles. The van der Waals surface area contributed by atoms with Gasteiger partial charge in [0.25, 0.3) is 5.91 Å². The SMILES string of the molecule is Cc1nc(-c2cc3ccc(OCC(=O)NCCOC(=O)c4cccs4)cc3oc2=O)cs1. The van der Waals surface area contributed by atoms with E-state index in [2.05, 4.69) is 10.3 Å². The van der Waals surface area contributed by atoms with Gasteiger partial charge in [-0.05, 0) is 36.6 Å². The summed E-state index contributed by atoms with van der Waals surface area (Å²) in [6.45, 7) is 1.87. The Morgan fingerprint density at radius 2 is 2.06 bits per heavy atom. The molecule has 0 aliphatic carbocycles. The van der Waals surface area contributed by atoms with Crippen molar-refractivity contribution in [3.8, 4) is 17.0 Å². The van der Waals surface area contributed by atoms with Gasteiger partial charge in [0.05, 0.1) is 22.8 Å². The number of hydrogen-bond acceptors (Lipinski definition) is 9. The zero-order valence-electron chi connectivity index (χ0n) is 17.0. The minimum absolute atomic E-state index is 0.0600. The Labute approximate surface area is 190 Å². The van der Waals surface area contributed by atoms with Crippen LogP contribution < -0.4 is 15.7 Å². The maximum Gasteiger partial charge on any atom is 0.348 e. The van der Waals surface area contributed by atoms with Gasteiger partial charge in [-0.15, -0.1) is 22.7 Å². The van der Waals surface area contributed by atoms with E-state index in [0.717, 1.165) is 10.4 Å². The summed E-state index contributed by atoms with van der Waals surface area (Å²) >= 11 is 2.75. The molecular formula is C22H18N2O6S2. The number of hydrogen-bond donors (Lipinski definition) is 1. The first-order valence-corrected chi connectivity index (χ1v) is 11.4. The molecule has 0 bridgehead atoms. The van der Waals surface area contributed by atoms with Crippen LogP contribution in [0.15, 0.2) is 56.4 Å². The van der Waals surface area contributed by atoms with Gasteiger partial charge in [-0.25, -0.2) is 14.6 Å². The van der Waals surface area contributed by atoms with E-state index in [0.29, 0.717) is 27.5 Å². The monoisotopic (exact) mass is 470 g/mol. The van der Waals surface area contributed by atoms with Gasteiger partial charge in [-0.2, -0.15) is 0 Å². The number of benzene rings is 1. The number of esters is 1. The lowest BCUT2D eigenvalue weighted by molar-refractivity contribution is -0.123. The van der Waals surface area contributed by atoms with Crippen molar-refractivity contribution in [2.45, 2.75) is 6.92 Å². The van der Waals surface area contributed by atoms with E-state index in [9.17, 15) is 14.4 Å². The largest absolute Gasteiger partial charge is 0.484 e. The molecule has 0 fully saturated rings. The summed E-state index contributed by atoms with van der Waals surface area (Å²) < 4.78 is 16.0. The summed E-state index contributed by atoms with van der Waals surface area (Å²) in [4.78, 5) is 40.9. The van der Waals surface area contributed by atoms with Crippen molar-refractivity contribution >= 4 is 45.5 Å². The quantitative estimate of drug-likeness (QED) is 0.238. The fourth-order valence-corrected chi connectivity index (χ4v) is 4.08. The van der Waals surface area contributed by atoms with Crippen LogP contribution >= 0.6 is 22.7 Å². The van der Waals surface area contributed by atoms with Crippen LogP contribution in [0.4, 0.5) is 0 Å². The van der Waals surface area contributed by atoms with Crippen LogP contribution in [-0.4, -0.2) is 36.6 Å². The van der Waals surface area contributed by atoms with Gasteiger partial charge < -0.3 is 19.2 Å². The molecule has 0 saturated carbocycles. The number of thiophene rings is 1. The van der Waals surface area contributed by atoms with Gasteiger partial charge in [-0.1, -0.05) is 6.07 Å². The Kier molecular flexibility index (Phi) is 6.62. The fourth-order valence-electron chi connectivity index (χ4n) is 2.85. The number of amides is 1. The van der Waals surface area contributed by atoms with Crippen LogP contribution in [0, 0.1) is 6.92 Å². The smallest absolute Gasteiger partial charge is 0.348 e. The van der Waals surface area contributed by atoms with Crippen LogP contribution in [-0.2, 0) is 9.53 Å². The van der Waals surface area contributed by atoms with Crippen molar-refractivity contribution in [3.63, 3.8) is 0 Å². The van der Waals surface area contributed by atoms with E-state index in [4.69, 9.17) is 13.9 Å². The number of thiazole rings is 1. The molecule has 0 aliphatic heterocycles. The van der Waals surface area contributed by atoms with Crippen molar-refractivity contribution in [3.05, 3.63) is 67.5 Å². The highest BCUT2D eigenvalue weighted by Crippen LogP contribution is 2.25. The lowest BCUT2D eigenvalue weighted by Gasteiger charge is -2.08. The lowest BCUT2D eigenvalue weighted by atomic mass is 10.1. The van der Waals surface area contributed by atoms with Gasteiger partial charge in [0, 0.05) is 16.8 Å². The van der Waals surface area contributed by atoms with Gasteiger partial charge in [0.1, 0.15) is 22.8 Å². The van der Waals surface area contributed by atoms with Crippen molar-refractivity contribution in [2.24, 2.45) is 0 Å². The molecular weight excluding hydrogens is 452 g/mol. The molecule has 1 N–H and O–H groups in total. The number of aromatic nitrogens is 1. The first-order chi connectivity index (χ1) is 15.5. The number of ether oxygens (including phenoxy) is 2. The van der Waals surface area contributed by atoms with Crippen LogP contribution in [0.25, 0.3) is 22.2 Å². The Bertz CT molecular complexity index is 1310. The number of rotatable bonds is 8. The predicted octanol–water partition coefficient (Wildman–Crippen LogP) is 3.64. The minimum Gasteiger partial charge on any atom is -0.484 e. The molecule has 32 heavy (non-hydrogen) atoms. The van der Waals surface area contributed by atoms with E-state index in [-0.39, 0.29) is 25.7 Å². The summed E-state index contributed by atoms with van der Waals surface area (Å²) in [6.07, 6.45) is 0. The second kappa shape index (κ2) is 9.75. The number of carbonyl (C=O) groups is 2. The average molecular weight is 471 g/mol. The second-order valence-corrected chi connectivity index (χ2v) is 8.66. The maximum atomic E-state index is 12.3. The van der Waals surface area contributed by atoms with Crippen LogP contribution in [0.5, 0.6) is 5.75 Å². The maximum absolute atomic E-state index is 12.3. The summed E-state index contributed by atoms with van der Waals surface area (Å²) in [5.74, 6) is -0.402. The Morgan fingerprint density at radius 1 is 1.19 bits per heavy atom. The van der Waals surface area contributed by atoms with Crippen LogP contribution in [0.3, 0.4) is 0 Å². The molecule has 3 aromatic heterocycles. The van der Waals surface area contributed by atoms with Gasteiger partial charge in [-0.3, -0.25) is 4.79 Å². The topological polar surface area (TPSA) is 108 Å². The van der Waals surface area contributed by atoms with E-state index < -0.39 is 11.6 Å². The summed E-state index contributed by atoms with van der Waals surface area (Å²) in [7, 11) is 0. The molecule has 4 aromatic rings. The summed E-state index contributed by atoms with van der Waals surface area (Å²) in [5, 5.41) is 7.79. The van der Waals surface area contributed by atoms with Gasteiger partial charge in [0.15, 0.2) is 6.61 Å². The van der Waals surface area contributed by atoms with Crippen LogP contribution in [0.2, 0.25) is 0 Å². The van der Waals surface area contributed by atoms with E-state index in [1.54, 1.807) is 41.8 Å². The van der Waals surface area contributed by atoms with E-state index >= 15 is 0 Å². The molecule has 0 aliphatic rings. The van der Waals surface area contributed by atoms with Gasteiger partial charge >= 0.3 is 11.6 Å². The third-order valence-corrected chi connectivity index (χ3v) is 5.98. The fraction of sp³-hybridized carbons (Fsp3) is 0.182.